The molecule has 0 aliphatic carbocycles. The molecule has 0 spiro atoms. The summed E-state index contributed by atoms with van der Waals surface area (Å²) < 4.78 is 5.11. The average molecular weight is 374 g/mol. The van der Waals surface area contributed by atoms with E-state index in [0.29, 0.717) is 23.6 Å². The van der Waals surface area contributed by atoms with Crippen LogP contribution in [0.4, 0.5) is 4.79 Å². The summed E-state index contributed by atoms with van der Waals surface area (Å²) in [6.07, 6.45) is 3.80. The molecule has 0 fully saturated rings. The van der Waals surface area contributed by atoms with Crippen molar-refractivity contribution in [3.05, 3.63) is 76.3 Å². The summed E-state index contributed by atoms with van der Waals surface area (Å²) in [5, 5.41) is 12.0. The summed E-state index contributed by atoms with van der Waals surface area (Å²) >= 11 is 5.98. The fraction of sp³-hybridized carbons (Fsp3) is 0.200. The van der Waals surface area contributed by atoms with Crippen molar-refractivity contribution in [1.82, 2.24) is 5.32 Å². The van der Waals surface area contributed by atoms with Gasteiger partial charge >= 0.3 is 12.1 Å². The Balaban J connectivity index is 1.72. The summed E-state index contributed by atoms with van der Waals surface area (Å²) in [6, 6.07) is 14.7. The van der Waals surface area contributed by atoms with E-state index < -0.39 is 12.1 Å². The van der Waals surface area contributed by atoms with E-state index in [4.69, 9.17) is 21.4 Å². The first-order chi connectivity index (χ1) is 12.5. The molecular weight excluding hydrogens is 354 g/mol. The van der Waals surface area contributed by atoms with Crippen molar-refractivity contribution in [2.75, 3.05) is 6.54 Å². The number of carboxylic acid groups (broad SMARTS) is 1. The summed E-state index contributed by atoms with van der Waals surface area (Å²) in [7, 11) is 0. The number of carboxylic acids is 1. The van der Waals surface area contributed by atoms with Gasteiger partial charge in [-0.05, 0) is 35.2 Å². The van der Waals surface area contributed by atoms with E-state index in [9.17, 15) is 9.59 Å². The van der Waals surface area contributed by atoms with Crippen LogP contribution in [0.25, 0.3) is 6.08 Å². The Labute approximate surface area is 157 Å². The van der Waals surface area contributed by atoms with Crippen molar-refractivity contribution >= 4 is 29.7 Å². The highest BCUT2D eigenvalue weighted by molar-refractivity contribution is 6.31. The lowest BCUT2D eigenvalue weighted by Crippen LogP contribution is -2.24. The molecule has 1 amide bonds. The van der Waals surface area contributed by atoms with Crippen LogP contribution in [0.2, 0.25) is 5.02 Å². The lowest BCUT2D eigenvalue weighted by atomic mass is 10.1. The van der Waals surface area contributed by atoms with Gasteiger partial charge in [0.25, 0.3) is 0 Å². The SMILES string of the molecule is O=C(O)Cc1cc(C=CCCNC(=O)OCc2ccccc2)ccc1Cl. The van der Waals surface area contributed by atoms with Crippen LogP contribution >= 0.6 is 11.6 Å². The second-order valence-electron chi connectivity index (χ2n) is 5.60. The van der Waals surface area contributed by atoms with E-state index >= 15 is 0 Å². The van der Waals surface area contributed by atoms with Crippen LogP contribution in [-0.2, 0) is 22.6 Å². The third-order valence-corrected chi connectivity index (χ3v) is 3.88. The first kappa shape index (κ1) is 19.5. The Hall–Kier alpha value is -2.79. The molecule has 0 aliphatic rings. The van der Waals surface area contributed by atoms with Crippen molar-refractivity contribution in [1.29, 1.82) is 0 Å². The molecule has 0 atom stereocenters. The highest BCUT2D eigenvalue weighted by Crippen LogP contribution is 2.19. The summed E-state index contributed by atoms with van der Waals surface area (Å²) in [6.45, 7) is 0.680. The molecule has 0 aliphatic heterocycles. The molecular formula is C20H20ClNO4. The molecule has 2 aromatic carbocycles. The zero-order valence-electron chi connectivity index (χ0n) is 14.2. The number of carbonyl (C=O) groups excluding carboxylic acids is 1. The molecule has 0 radical (unpaired) electrons. The number of nitrogens with one attached hydrogen (secondary N) is 1. The van der Waals surface area contributed by atoms with Crippen molar-refractivity contribution in [2.45, 2.75) is 19.4 Å². The van der Waals surface area contributed by atoms with Crippen LogP contribution < -0.4 is 5.32 Å². The van der Waals surface area contributed by atoms with E-state index in [0.717, 1.165) is 11.1 Å². The third-order valence-electron chi connectivity index (χ3n) is 3.51. The molecule has 0 bridgehead atoms. The minimum Gasteiger partial charge on any atom is -0.481 e. The molecule has 0 saturated carbocycles. The first-order valence-electron chi connectivity index (χ1n) is 8.16. The van der Waals surface area contributed by atoms with E-state index in [-0.39, 0.29) is 13.0 Å². The fourth-order valence-corrected chi connectivity index (χ4v) is 2.43. The van der Waals surface area contributed by atoms with Gasteiger partial charge in [-0.25, -0.2) is 4.79 Å². The first-order valence-corrected chi connectivity index (χ1v) is 8.53. The summed E-state index contributed by atoms with van der Waals surface area (Å²) in [5.74, 6) is -0.925. The average Bonchev–Trinajstić information content (AvgIpc) is 2.63. The molecule has 2 N–H and O–H groups in total. The molecule has 2 aromatic rings. The number of hydrogen-bond acceptors (Lipinski definition) is 3. The van der Waals surface area contributed by atoms with Gasteiger partial charge in [-0.2, -0.15) is 0 Å². The minimum atomic E-state index is -0.925. The van der Waals surface area contributed by atoms with Crippen molar-refractivity contribution < 1.29 is 19.4 Å². The zero-order valence-corrected chi connectivity index (χ0v) is 14.9. The van der Waals surface area contributed by atoms with Gasteiger partial charge in [-0.15, -0.1) is 0 Å². The van der Waals surface area contributed by atoms with Crippen LogP contribution in [0.15, 0.2) is 54.6 Å². The normalized spacial score (nSPS) is 10.7. The van der Waals surface area contributed by atoms with E-state index in [1.165, 1.54) is 0 Å². The van der Waals surface area contributed by atoms with Crippen molar-refractivity contribution in [3.63, 3.8) is 0 Å². The van der Waals surface area contributed by atoms with Gasteiger partial charge in [-0.1, -0.05) is 60.2 Å². The number of ether oxygens (including phenoxy) is 1. The number of halogens is 1. The summed E-state index contributed by atoms with van der Waals surface area (Å²) in [4.78, 5) is 22.4. The fourth-order valence-electron chi connectivity index (χ4n) is 2.25. The highest BCUT2D eigenvalue weighted by Gasteiger charge is 2.05. The van der Waals surface area contributed by atoms with Gasteiger partial charge in [-0.3, -0.25) is 4.79 Å². The smallest absolute Gasteiger partial charge is 0.407 e. The number of aliphatic carboxylic acids is 1. The van der Waals surface area contributed by atoms with Crippen molar-refractivity contribution in [3.8, 4) is 0 Å². The molecule has 0 unspecified atom stereocenters. The van der Waals surface area contributed by atoms with Crippen molar-refractivity contribution in [2.24, 2.45) is 0 Å². The second kappa shape index (κ2) is 10.3. The molecule has 2 rings (SSSR count). The molecule has 136 valence electrons. The predicted molar refractivity (Wildman–Crippen MR) is 101 cm³/mol. The van der Waals surface area contributed by atoms with Gasteiger partial charge in [0.2, 0.25) is 0 Å². The second-order valence-corrected chi connectivity index (χ2v) is 6.01. The van der Waals surface area contributed by atoms with E-state index in [2.05, 4.69) is 5.32 Å². The molecule has 5 nitrogen and oxygen atoms in total. The Bertz CT molecular complexity index is 775. The molecule has 0 aromatic heterocycles. The van der Waals surface area contributed by atoms with Gasteiger partial charge in [0.05, 0.1) is 6.42 Å². The van der Waals surface area contributed by atoms with Gasteiger partial charge in [0.15, 0.2) is 0 Å². The Morgan fingerprint density at radius 3 is 2.65 bits per heavy atom. The topological polar surface area (TPSA) is 75.6 Å². The lowest BCUT2D eigenvalue weighted by Gasteiger charge is -2.06. The zero-order chi connectivity index (χ0) is 18.8. The molecule has 26 heavy (non-hydrogen) atoms. The number of amides is 1. The van der Waals surface area contributed by atoms with Gasteiger partial charge in [0.1, 0.15) is 6.61 Å². The van der Waals surface area contributed by atoms with Crippen LogP contribution in [0, 0.1) is 0 Å². The minimum absolute atomic E-state index is 0.116. The number of alkyl carbamates (subject to hydrolysis) is 1. The summed E-state index contributed by atoms with van der Waals surface area (Å²) in [5.41, 5.74) is 2.36. The monoisotopic (exact) mass is 373 g/mol. The third kappa shape index (κ3) is 6.99. The van der Waals surface area contributed by atoms with E-state index in [1.807, 2.05) is 48.6 Å². The Morgan fingerprint density at radius 1 is 1.15 bits per heavy atom. The maximum Gasteiger partial charge on any atom is 0.407 e. The molecule has 0 heterocycles. The Morgan fingerprint density at radius 2 is 1.92 bits per heavy atom. The maximum absolute atomic E-state index is 11.6. The lowest BCUT2D eigenvalue weighted by molar-refractivity contribution is -0.136. The number of rotatable bonds is 8. The largest absolute Gasteiger partial charge is 0.481 e. The highest BCUT2D eigenvalue weighted by atomic mass is 35.5. The van der Waals surface area contributed by atoms with E-state index in [1.54, 1.807) is 12.1 Å². The standard InChI is InChI=1S/C20H20ClNO4/c21-18-10-9-15(12-17(18)13-19(23)24)6-4-5-11-22-20(25)26-14-16-7-2-1-3-8-16/h1-4,6-10,12H,5,11,13-14H2,(H,22,25)(H,23,24). The quantitative estimate of drug-likeness (QED) is 0.676. The van der Waals surface area contributed by atoms with Crippen LogP contribution in [-0.4, -0.2) is 23.7 Å². The van der Waals surface area contributed by atoms with Crippen LogP contribution in [0.1, 0.15) is 23.1 Å². The van der Waals surface area contributed by atoms with Gasteiger partial charge < -0.3 is 15.2 Å². The maximum atomic E-state index is 11.6. The van der Waals surface area contributed by atoms with Crippen LogP contribution in [0.5, 0.6) is 0 Å². The van der Waals surface area contributed by atoms with Gasteiger partial charge in [0, 0.05) is 11.6 Å². The van der Waals surface area contributed by atoms with Crippen LogP contribution in [0.3, 0.4) is 0 Å². The molecule has 6 heteroatoms. The number of benzene rings is 2. The number of hydrogen-bond donors (Lipinski definition) is 2. The number of carbonyl (C=O) groups is 2. The predicted octanol–water partition coefficient (Wildman–Crippen LogP) is 4.30. The Kier molecular flexibility index (Phi) is 7.71. The molecule has 0 saturated heterocycles.